The molecule has 0 aromatic rings. The molecule has 0 aliphatic carbocycles. The van der Waals surface area contributed by atoms with Crippen LogP contribution in [0.15, 0.2) is 0 Å². The normalized spacial score (nSPS) is 14.5. The molecular formula is C9H23N2O3P. The molecule has 0 aromatic carbocycles. The fourth-order valence-corrected chi connectivity index (χ4v) is 2.85. The first-order valence-electron chi connectivity index (χ1n) is 5.14. The van der Waals surface area contributed by atoms with Gasteiger partial charge in [0, 0.05) is 28.3 Å². The van der Waals surface area contributed by atoms with Gasteiger partial charge in [-0.3, -0.25) is 4.57 Å². The SMILES string of the molecule is CCCCC(NN(C)C)P(=O)(OC)OC. The van der Waals surface area contributed by atoms with E-state index in [-0.39, 0.29) is 5.78 Å². The van der Waals surface area contributed by atoms with Crippen molar-refractivity contribution in [3.8, 4) is 0 Å². The predicted octanol–water partition coefficient (Wildman–Crippen LogP) is 2.05. The molecule has 0 heterocycles. The molecule has 15 heavy (non-hydrogen) atoms. The Morgan fingerprint density at radius 3 is 2.20 bits per heavy atom. The van der Waals surface area contributed by atoms with Crippen LogP contribution in [0.25, 0.3) is 0 Å². The summed E-state index contributed by atoms with van der Waals surface area (Å²) in [4.78, 5) is 0. The van der Waals surface area contributed by atoms with E-state index in [4.69, 9.17) is 9.05 Å². The third-order valence-corrected chi connectivity index (χ3v) is 4.28. The van der Waals surface area contributed by atoms with Gasteiger partial charge in [-0.15, -0.1) is 0 Å². The first-order valence-corrected chi connectivity index (χ1v) is 6.76. The van der Waals surface area contributed by atoms with Crippen molar-refractivity contribution in [1.29, 1.82) is 0 Å². The van der Waals surface area contributed by atoms with Gasteiger partial charge in [-0.05, 0) is 6.42 Å². The van der Waals surface area contributed by atoms with Crippen molar-refractivity contribution in [2.45, 2.75) is 32.0 Å². The Kier molecular flexibility index (Phi) is 7.40. The highest BCUT2D eigenvalue weighted by molar-refractivity contribution is 7.54. The highest BCUT2D eigenvalue weighted by Gasteiger charge is 2.33. The van der Waals surface area contributed by atoms with Crippen molar-refractivity contribution >= 4 is 7.60 Å². The van der Waals surface area contributed by atoms with Crippen LogP contribution >= 0.6 is 7.60 Å². The average Bonchev–Trinajstić information content (AvgIpc) is 2.22. The summed E-state index contributed by atoms with van der Waals surface area (Å²) >= 11 is 0. The highest BCUT2D eigenvalue weighted by Crippen LogP contribution is 2.52. The van der Waals surface area contributed by atoms with Gasteiger partial charge in [0.1, 0.15) is 5.78 Å². The minimum atomic E-state index is -3.03. The highest BCUT2D eigenvalue weighted by atomic mass is 31.2. The van der Waals surface area contributed by atoms with Crippen molar-refractivity contribution < 1.29 is 13.6 Å². The molecule has 0 aliphatic rings. The number of nitrogens with one attached hydrogen (secondary N) is 1. The van der Waals surface area contributed by atoms with Crippen molar-refractivity contribution in [3.63, 3.8) is 0 Å². The van der Waals surface area contributed by atoms with Gasteiger partial charge in [0.15, 0.2) is 0 Å². The second kappa shape index (κ2) is 7.36. The average molecular weight is 238 g/mol. The number of hydrogen-bond donors (Lipinski definition) is 1. The van der Waals surface area contributed by atoms with E-state index in [9.17, 15) is 4.57 Å². The van der Waals surface area contributed by atoms with Gasteiger partial charge in [-0.1, -0.05) is 19.8 Å². The molecule has 1 unspecified atom stereocenters. The fraction of sp³-hybridized carbons (Fsp3) is 1.00. The van der Waals surface area contributed by atoms with Gasteiger partial charge in [0.25, 0.3) is 0 Å². The maximum atomic E-state index is 12.2. The molecule has 0 aliphatic heterocycles. The Labute approximate surface area is 92.6 Å². The van der Waals surface area contributed by atoms with E-state index in [2.05, 4.69) is 12.3 Å². The zero-order chi connectivity index (χ0) is 11.9. The Bertz CT molecular complexity index is 204. The van der Waals surface area contributed by atoms with Crippen molar-refractivity contribution in [2.75, 3.05) is 28.3 Å². The molecule has 0 saturated carbocycles. The monoisotopic (exact) mass is 238 g/mol. The van der Waals surface area contributed by atoms with Crippen LogP contribution in [0.2, 0.25) is 0 Å². The molecule has 92 valence electrons. The van der Waals surface area contributed by atoms with Crippen LogP contribution < -0.4 is 5.43 Å². The molecule has 6 heteroatoms. The number of rotatable bonds is 8. The first-order chi connectivity index (χ1) is 7.00. The molecule has 1 N–H and O–H groups in total. The zero-order valence-electron chi connectivity index (χ0n) is 10.3. The third-order valence-electron chi connectivity index (χ3n) is 2.13. The molecular weight excluding hydrogens is 215 g/mol. The molecule has 0 spiro atoms. The van der Waals surface area contributed by atoms with Crippen LogP contribution in [-0.4, -0.2) is 39.1 Å². The van der Waals surface area contributed by atoms with Crippen LogP contribution in [0.5, 0.6) is 0 Å². The van der Waals surface area contributed by atoms with Crippen LogP contribution in [-0.2, 0) is 13.6 Å². The lowest BCUT2D eigenvalue weighted by Crippen LogP contribution is -2.40. The molecule has 0 fully saturated rings. The standard InChI is InChI=1S/C9H23N2O3P/c1-6-7-8-9(10-11(2)3)15(12,13-4)14-5/h9-10H,6-8H2,1-5H3. The van der Waals surface area contributed by atoms with E-state index < -0.39 is 7.60 Å². The summed E-state index contributed by atoms with van der Waals surface area (Å²) in [6.07, 6.45) is 2.81. The van der Waals surface area contributed by atoms with Crippen LogP contribution in [0.4, 0.5) is 0 Å². The van der Waals surface area contributed by atoms with Crippen molar-refractivity contribution in [1.82, 2.24) is 10.4 Å². The van der Waals surface area contributed by atoms with Gasteiger partial charge in [-0.2, -0.15) is 0 Å². The topological polar surface area (TPSA) is 50.8 Å². The van der Waals surface area contributed by atoms with Crippen LogP contribution in [0, 0.1) is 0 Å². The van der Waals surface area contributed by atoms with E-state index in [1.165, 1.54) is 14.2 Å². The minimum absolute atomic E-state index is 0.276. The zero-order valence-corrected chi connectivity index (χ0v) is 11.2. The molecule has 0 saturated heterocycles. The summed E-state index contributed by atoms with van der Waals surface area (Å²) in [6, 6.07) is 0. The second-order valence-corrected chi connectivity index (χ2v) is 6.02. The second-order valence-electron chi connectivity index (χ2n) is 3.59. The predicted molar refractivity (Wildman–Crippen MR) is 61.8 cm³/mol. The van der Waals surface area contributed by atoms with Crippen molar-refractivity contribution in [2.24, 2.45) is 0 Å². The maximum Gasteiger partial charge on any atom is 0.348 e. The molecule has 0 aromatic heterocycles. The van der Waals surface area contributed by atoms with E-state index in [0.717, 1.165) is 19.3 Å². The lowest BCUT2D eigenvalue weighted by Gasteiger charge is -2.27. The smallest absolute Gasteiger partial charge is 0.311 e. The van der Waals surface area contributed by atoms with Gasteiger partial charge in [0.05, 0.1) is 0 Å². The van der Waals surface area contributed by atoms with E-state index in [0.29, 0.717) is 0 Å². The fourth-order valence-electron chi connectivity index (χ4n) is 1.32. The summed E-state index contributed by atoms with van der Waals surface area (Å²) in [5.41, 5.74) is 3.08. The largest absolute Gasteiger partial charge is 0.348 e. The van der Waals surface area contributed by atoms with Gasteiger partial charge < -0.3 is 9.05 Å². The molecule has 0 bridgehead atoms. The molecule has 5 nitrogen and oxygen atoms in total. The Hall–Kier alpha value is 0.0700. The molecule has 0 radical (unpaired) electrons. The summed E-state index contributed by atoms with van der Waals surface area (Å²) in [5, 5.41) is 1.77. The summed E-state index contributed by atoms with van der Waals surface area (Å²) < 4.78 is 22.1. The third kappa shape index (κ3) is 5.09. The van der Waals surface area contributed by atoms with Gasteiger partial charge >= 0.3 is 7.60 Å². The van der Waals surface area contributed by atoms with Crippen LogP contribution in [0.3, 0.4) is 0 Å². The number of nitrogens with zero attached hydrogens (tertiary/aromatic N) is 1. The Morgan fingerprint density at radius 1 is 1.33 bits per heavy atom. The Balaban J connectivity index is 4.51. The number of unbranched alkanes of at least 4 members (excludes halogenated alkanes) is 1. The lowest BCUT2D eigenvalue weighted by molar-refractivity contribution is 0.210. The molecule has 1 atom stereocenters. The number of hydrazine groups is 1. The minimum Gasteiger partial charge on any atom is -0.311 e. The molecule has 0 amide bonds. The van der Waals surface area contributed by atoms with E-state index in [1.807, 2.05) is 14.1 Å². The lowest BCUT2D eigenvalue weighted by atomic mass is 10.2. The van der Waals surface area contributed by atoms with E-state index >= 15 is 0 Å². The van der Waals surface area contributed by atoms with Crippen LogP contribution in [0.1, 0.15) is 26.2 Å². The first kappa shape index (κ1) is 15.1. The summed E-state index contributed by atoms with van der Waals surface area (Å²) in [5.74, 6) is -0.276. The molecule has 0 rings (SSSR count). The van der Waals surface area contributed by atoms with Gasteiger partial charge in [-0.25, -0.2) is 10.4 Å². The summed E-state index contributed by atoms with van der Waals surface area (Å²) in [7, 11) is 3.52. The Morgan fingerprint density at radius 2 is 1.87 bits per heavy atom. The maximum absolute atomic E-state index is 12.2. The van der Waals surface area contributed by atoms with E-state index in [1.54, 1.807) is 5.01 Å². The van der Waals surface area contributed by atoms with Crippen molar-refractivity contribution in [3.05, 3.63) is 0 Å². The summed E-state index contributed by atoms with van der Waals surface area (Å²) in [6.45, 7) is 2.09. The van der Waals surface area contributed by atoms with Gasteiger partial charge in [0.2, 0.25) is 0 Å². The number of hydrogen-bond acceptors (Lipinski definition) is 5. The quantitative estimate of drug-likeness (QED) is 0.518.